The lowest BCUT2D eigenvalue weighted by atomic mass is 10.1. The van der Waals surface area contributed by atoms with Crippen molar-refractivity contribution in [3.8, 4) is 17.3 Å². The van der Waals surface area contributed by atoms with Gasteiger partial charge in [0.1, 0.15) is 11.8 Å². The summed E-state index contributed by atoms with van der Waals surface area (Å²) < 4.78 is 5.92. The van der Waals surface area contributed by atoms with Crippen LogP contribution in [-0.2, 0) is 4.74 Å². The average Bonchev–Trinajstić information content (AvgIpc) is 2.74. The van der Waals surface area contributed by atoms with Gasteiger partial charge in [0.05, 0.1) is 35.2 Å². The van der Waals surface area contributed by atoms with Gasteiger partial charge in [0, 0.05) is 19.3 Å². The molecule has 0 radical (unpaired) electrons. The van der Waals surface area contributed by atoms with E-state index in [4.69, 9.17) is 10.00 Å². The predicted octanol–water partition coefficient (Wildman–Crippen LogP) is 1.28. The zero-order valence-corrected chi connectivity index (χ0v) is 15.7. The van der Waals surface area contributed by atoms with Gasteiger partial charge in [-0.1, -0.05) is 12.1 Å². The summed E-state index contributed by atoms with van der Waals surface area (Å²) in [4.78, 5) is 30.2. The Morgan fingerprint density at radius 2 is 2.03 bits per heavy atom. The number of morpholine rings is 1. The van der Waals surface area contributed by atoms with E-state index in [-0.39, 0.29) is 11.7 Å². The molecular formula is C20H18N6O3. The van der Waals surface area contributed by atoms with Crippen molar-refractivity contribution in [1.29, 1.82) is 5.26 Å². The van der Waals surface area contributed by atoms with Gasteiger partial charge >= 0.3 is 5.69 Å². The lowest BCUT2D eigenvalue weighted by molar-refractivity contribution is 0.0397. The molecule has 3 heterocycles. The topological polar surface area (TPSA) is 128 Å². The molecule has 0 saturated carbocycles. The SMILES string of the molecule is Cc1nnc(-c2c[nH]c(=O)[nH]c2=O)cc1N1CCOC(c2ccc(C#N)cc2)C1. The predicted molar refractivity (Wildman–Crippen MR) is 106 cm³/mol. The third-order valence-corrected chi connectivity index (χ3v) is 4.87. The number of hydrogen-bond donors (Lipinski definition) is 2. The molecule has 2 N–H and O–H groups in total. The van der Waals surface area contributed by atoms with Crippen LogP contribution in [0.1, 0.15) is 22.9 Å². The molecule has 0 spiro atoms. The zero-order chi connectivity index (χ0) is 20.4. The monoisotopic (exact) mass is 390 g/mol. The van der Waals surface area contributed by atoms with Crippen LogP contribution in [0.4, 0.5) is 5.69 Å². The molecule has 2 aromatic heterocycles. The number of anilines is 1. The summed E-state index contributed by atoms with van der Waals surface area (Å²) in [6.45, 7) is 3.65. The quantitative estimate of drug-likeness (QED) is 0.689. The third kappa shape index (κ3) is 3.79. The Bertz CT molecular complexity index is 1190. The number of aromatic amines is 2. The van der Waals surface area contributed by atoms with E-state index in [0.29, 0.717) is 31.0 Å². The number of benzene rings is 1. The molecule has 1 aromatic carbocycles. The van der Waals surface area contributed by atoms with Crippen molar-refractivity contribution < 1.29 is 4.74 Å². The van der Waals surface area contributed by atoms with E-state index in [0.717, 1.165) is 16.9 Å². The van der Waals surface area contributed by atoms with E-state index in [1.807, 2.05) is 19.1 Å². The largest absolute Gasteiger partial charge is 0.370 e. The Labute approximate surface area is 165 Å². The molecule has 0 aliphatic carbocycles. The van der Waals surface area contributed by atoms with Crippen molar-refractivity contribution in [2.45, 2.75) is 13.0 Å². The minimum absolute atomic E-state index is 0.149. The molecule has 0 bridgehead atoms. The average molecular weight is 390 g/mol. The highest BCUT2D eigenvalue weighted by atomic mass is 16.5. The van der Waals surface area contributed by atoms with Crippen molar-refractivity contribution in [1.82, 2.24) is 20.2 Å². The Balaban J connectivity index is 1.64. The minimum Gasteiger partial charge on any atom is -0.370 e. The van der Waals surface area contributed by atoms with Crippen LogP contribution in [0, 0.1) is 18.3 Å². The van der Waals surface area contributed by atoms with Gasteiger partial charge in [0.2, 0.25) is 0 Å². The normalized spacial score (nSPS) is 16.4. The van der Waals surface area contributed by atoms with E-state index >= 15 is 0 Å². The highest BCUT2D eigenvalue weighted by molar-refractivity contribution is 5.64. The smallest absolute Gasteiger partial charge is 0.325 e. The standard InChI is InChI=1S/C20H18N6O3/c1-12-17(8-16(25-24-12)15-10-22-20(28)23-19(15)27)26-6-7-29-18(11-26)14-4-2-13(9-21)3-5-14/h2-5,8,10,18H,6-7,11H2,1H3,(H2,22,23,27,28). The summed E-state index contributed by atoms with van der Waals surface area (Å²) in [5.41, 5.74) is 2.71. The number of ether oxygens (including phenoxy) is 1. The van der Waals surface area contributed by atoms with E-state index in [1.165, 1.54) is 6.20 Å². The number of nitriles is 1. The lowest BCUT2D eigenvalue weighted by Crippen LogP contribution is -2.39. The maximum Gasteiger partial charge on any atom is 0.325 e. The van der Waals surface area contributed by atoms with Gasteiger partial charge in [-0.3, -0.25) is 9.78 Å². The molecular weight excluding hydrogens is 372 g/mol. The molecule has 1 unspecified atom stereocenters. The van der Waals surface area contributed by atoms with Crippen LogP contribution in [0.3, 0.4) is 0 Å². The van der Waals surface area contributed by atoms with Gasteiger partial charge in [-0.2, -0.15) is 10.4 Å². The second-order valence-electron chi connectivity index (χ2n) is 6.73. The first-order valence-electron chi connectivity index (χ1n) is 9.08. The Kier molecular flexibility index (Phi) is 4.93. The zero-order valence-electron chi connectivity index (χ0n) is 15.7. The maximum atomic E-state index is 12.1. The number of rotatable bonds is 3. The van der Waals surface area contributed by atoms with Crippen LogP contribution in [0.15, 0.2) is 46.1 Å². The van der Waals surface area contributed by atoms with Crippen LogP contribution in [0.2, 0.25) is 0 Å². The number of aromatic nitrogens is 4. The second-order valence-corrected chi connectivity index (χ2v) is 6.73. The van der Waals surface area contributed by atoms with E-state index in [2.05, 4.69) is 31.1 Å². The number of aryl methyl sites for hydroxylation is 1. The fourth-order valence-electron chi connectivity index (χ4n) is 3.34. The molecule has 9 nitrogen and oxygen atoms in total. The first-order valence-corrected chi connectivity index (χ1v) is 9.08. The molecule has 1 fully saturated rings. The summed E-state index contributed by atoms with van der Waals surface area (Å²) >= 11 is 0. The third-order valence-electron chi connectivity index (χ3n) is 4.87. The first kappa shape index (κ1) is 18.6. The summed E-state index contributed by atoms with van der Waals surface area (Å²) in [6, 6.07) is 11.3. The van der Waals surface area contributed by atoms with Crippen molar-refractivity contribution in [2.75, 3.05) is 24.6 Å². The molecule has 4 rings (SSSR count). The lowest BCUT2D eigenvalue weighted by Gasteiger charge is -2.35. The van der Waals surface area contributed by atoms with E-state index in [1.54, 1.807) is 18.2 Å². The molecule has 1 aliphatic rings. The summed E-state index contributed by atoms with van der Waals surface area (Å²) in [7, 11) is 0. The highest BCUT2D eigenvalue weighted by Gasteiger charge is 2.24. The molecule has 29 heavy (non-hydrogen) atoms. The Morgan fingerprint density at radius 3 is 2.76 bits per heavy atom. The molecule has 3 aromatic rings. The van der Waals surface area contributed by atoms with E-state index in [9.17, 15) is 9.59 Å². The van der Waals surface area contributed by atoms with Gasteiger partial charge in [-0.25, -0.2) is 4.79 Å². The van der Waals surface area contributed by atoms with Crippen molar-refractivity contribution in [3.63, 3.8) is 0 Å². The summed E-state index contributed by atoms with van der Waals surface area (Å²) in [6.07, 6.45) is 1.19. The molecule has 1 saturated heterocycles. The Hall–Kier alpha value is -3.77. The maximum absolute atomic E-state index is 12.1. The molecule has 1 atom stereocenters. The molecule has 9 heteroatoms. The summed E-state index contributed by atoms with van der Waals surface area (Å²) in [5, 5.41) is 17.3. The van der Waals surface area contributed by atoms with E-state index < -0.39 is 11.2 Å². The highest BCUT2D eigenvalue weighted by Crippen LogP contribution is 2.29. The van der Waals surface area contributed by atoms with Gasteiger partial charge in [-0.15, -0.1) is 5.10 Å². The molecule has 1 aliphatic heterocycles. The fraction of sp³-hybridized carbons (Fsp3) is 0.250. The van der Waals surface area contributed by atoms with Crippen molar-refractivity contribution in [2.24, 2.45) is 0 Å². The van der Waals surface area contributed by atoms with Crippen molar-refractivity contribution in [3.05, 3.63) is 74.2 Å². The van der Waals surface area contributed by atoms with Crippen LogP contribution in [0.25, 0.3) is 11.3 Å². The van der Waals surface area contributed by atoms with Crippen LogP contribution in [-0.4, -0.2) is 39.9 Å². The number of hydrogen-bond acceptors (Lipinski definition) is 7. The van der Waals surface area contributed by atoms with Crippen molar-refractivity contribution >= 4 is 5.69 Å². The van der Waals surface area contributed by atoms with Gasteiger partial charge in [0.25, 0.3) is 5.56 Å². The molecule has 146 valence electrons. The van der Waals surface area contributed by atoms with Crippen LogP contribution < -0.4 is 16.1 Å². The number of nitrogens with zero attached hydrogens (tertiary/aromatic N) is 4. The number of H-pyrrole nitrogens is 2. The van der Waals surface area contributed by atoms with Crippen LogP contribution >= 0.6 is 0 Å². The second kappa shape index (κ2) is 7.69. The van der Waals surface area contributed by atoms with Gasteiger partial charge < -0.3 is 14.6 Å². The Morgan fingerprint density at radius 1 is 1.24 bits per heavy atom. The molecule has 0 amide bonds. The summed E-state index contributed by atoms with van der Waals surface area (Å²) in [5.74, 6) is 0. The first-order chi connectivity index (χ1) is 14.0. The number of nitrogens with one attached hydrogen (secondary N) is 2. The van der Waals surface area contributed by atoms with Gasteiger partial charge in [0.15, 0.2) is 0 Å². The fourth-order valence-corrected chi connectivity index (χ4v) is 3.34. The minimum atomic E-state index is -0.572. The van der Waals surface area contributed by atoms with Gasteiger partial charge in [-0.05, 0) is 30.7 Å². The van der Waals surface area contributed by atoms with Crippen LogP contribution in [0.5, 0.6) is 0 Å².